The Kier molecular flexibility index (Phi) is 5.46. The first-order valence-electron chi connectivity index (χ1n) is 6.13. The Morgan fingerprint density at radius 1 is 1.10 bits per heavy atom. The van der Waals surface area contributed by atoms with Crippen LogP contribution in [-0.4, -0.2) is 16.2 Å². The van der Waals surface area contributed by atoms with Gasteiger partial charge in [-0.25, -0.2) is 4.79 Å². The number of hydrogen-bond acceptors (Lipinski definition) is 2. The third-order valence-electron chi connectivity index (χ3n) is 3.40. The summed E-state index contributed by atoms with van der Waals surface area (Å²) >= 11 is 0. The van der Waals surface area contributed by atoms with Gasteiger partial charge in [-0.15, -0.1) is 0 Å². The molecule has 2 rings (SSSR count). The van der Waals surface area contributed by atoms with Gasteiger partial charge in [0.15, 0.2) is 0 Å². The van der Waals surface area contributed by atoms with Gasteiger partial charge in [-0.2, -0.15) is 0 Å². The van der Waals surface area contributed by atoms with Crippen LogP contribution in [0.15, 0.2) is 42.5 Å². The maximum atomic E-state index is 11.2. The van der Waals surface area contributed by atoms with Crippen LogP contribution in [0.1, 0.15) is 39.9 Å². The second-order valence-corrected chi connectivity index (χ2v) is 4.63. The van der Waals surface area contributed by atoms with Crippen LogP contribution < -0.4 is 0 Å². The first-order chi connectivity index (χ1) is 9.02. The molecule has 100 valence electrons. The van der Waals surface area contributed by atoms with E-state index in [1.54, 1.807) is 19.1 Å². The normalized spacial score (nSPS) is 11.5. The van der Waals surface area contributed by atoms with Crippen molar-refractivity contribution >= 4 is 5.97 Å². The van der Waals surface area contributed by atoms with E-state index >= 15 is 0 Å². The molecule has 3 nitrogen and oxygen atoms in total. The zero-order valence-electron chi connectivity index (χ0n) is 11.6. The Morgan fingerprint density at radius 2 is 1.70 bits per heavy atom. The van der Waals surface area contributed by atoms with E-state index in [1.807, 2.05) is 37.3 Å². The molecule has 0 amide bonds. The number of benzene rings is 2. The smallest absolute Gasteiger partial charge is 0.339 e. The van der Waals surface area contributed by atoms with Crippen molar-refractivity contribution in [3.8, 4) is 5.75 Å². The Balaban J connectivity index is 0.00000200. The Labute approximate surface area is 131 Å². The fourth-order valence-corrected chi connectivity index (χ4v) is 2.25. The molecule has 0 spiro atoms. The van der Waals surface area contributed by atoms with Gasteiger partial charge in [-0.3, -0.25) is 0 Å². The predicted octanol–water partition coefficient (Wildman–Crippen LogP) is 3.55. The molecule has 0 saturated heterocycles. The molecule has 0 heterocycles. The van der Waals surface area contributed by atoms with Crippen molar-refractivity contribution in [3.05, 3.63) is 64.7 Å². The molecule has 0 saturated carbocycles. The van der Waals surface area contributed by atoms with Gasteiger partial charge < -0.3 is 10.2 Å². The minimum atomic E-state index is -1.10. The van der Waals surface area contributed by atoms with Crippen LogP contribution >= 0.6 is 0 Å². The van der Waals surface area contributed by atoms with Crippen LogP contribution in [0.4, 0.5) is 0 Å². The minimum absolute atomic E-state index is 0. The summed E-state index contributed by atoms with van der Waals surface area (Å²) in [6.45, 7) is 3.63. The second-order valence-electron chi connectivity index (χ2n) is 4.63. The SMILES string of the molecule is Cc1ccc(C(C)c2ccccc2)c(O)c1C(=O)O.[Zn]. The molecule has 4 heteroatoms. The molecule has 2 aromatic carbocycles. The number of carbonyl (C=O) groups is 1. The molecule has 0 aliphatic carbocycles. The molecule has 1 unspecified atom stereocenters. The van der Waals surface area contributed by atoms with Crippen LogP contribution in [0.3, 0.4) is 0 Å². The second kappa shape index (κ2) is 6.67. The molecular formula is C16H16O3Zn. The molecule has 0 bridgehead atoms. The number of aromatic carboxylic acids is 1. The number of hydrogen-bond donors (Lipinski definition) is 2. The molecule has 2 aromatic rings. The van der Waals surface area contributed by atoms with Crippen molar-refractivity contribution in [1.82, 2.24) is 0 Å². The Morgan fingerprint density at radius 3 is 2.25 bits per heavy atom. The van der Waals surface area contributed by atoms with E-state index in [2.05, 4.69) is 0 Å². The van der Waals surface area contributed by atoms with Crippen molar-refractivity contribution in [1.29, 1.82) is 0 Å². The van der Waals surface area contributed by atoms with Crippen molar-refractivity contribution in [3.63, 3.8) is 0 Å². The summed E-state index contributed by atoms with van der Waals surface area (Å²) in [5.74, 6) is -1.29. The fourth-order valence-electron chi connectivity index (χ4n) is 2.25. The molecular weight excluding hydrogens is 306 g/mol. The van der Waals surface area contributed by atoms with Gasteiger partial charge >= 0.3 is 5.97 Å². The summed E-state index contributed by atoms with van der Waals surface area (Å²) in [6, 6.07) is 13.2. The number of phenols is 1. The van der Waals surface area contributed by atoms with Gasteiger partial charge in [0.25, 0.3) is 0 Å². The topological polar surface area (TPSA) is 57.5 Å². The number of carboxylic acid groups (broad SMARTS) is 1. The van der Waals surface area contributed by atoms with Gasteiger partial charge in [0.05, 0.1) is 0 Å². The van der Waals surface area contributed by atoms with E-state index in [0.717, 1.165) is 5.56 Å². The third kappa shape index (κ3) is 3.08. The van der Waals surface area contributed by atoms with Gasteiger partial charge in [0.2, 0.25) is 0 Å². The minimum Gasteiger partial charge on any atom is -0.507 e. The number of aromatic hydroxyl groups is 1. The maximum Gasteiger partial charge on any atom is 0.339 e. The molecule has 0 fully saturated rings. The first kappa shape index (κ1) is 16.4. The van der Waals surface area contributed by atoms with Crippen LogP contribution in [0, 0.1) is 6.92 Å². The van der Waals surface area contributed by atoms with Gasteiger partial charge in [0, 0.05) is 31.0 Å². The monoisotopic (exact) mass is 320 g/mol. The molecule has 0 aromatic heterocycles. The average Bonchev–Trinajstić information content (AvgIpc) is 2.39. The van der Waals surface area contributed by atoms with Gasteiger partial charge in [-0.05, 0) is 18.1 Å². The van der Waals surface area contributed by atoms with E-state index in [4.69, 9.17) is 5.11 Å². The van der Waals surface area contributed by atoms with E-state index < -0.39 is 5.97 Å². The van der Waals surface area contributed by atoms with Crippen molar-refractivity contribution in [2.45, 2.75) is 19.8 Å². The third-order valence-corrected chi connectivity index (χ3v) is 3.40. The fraction of sp³-hybridized carbons (Fsp3) is 0.188. The molecule has 0 aliphatic heterocycles. The molecule has 20 heavy (non-hydrogen) atoms. The van der Waals surface area contributed by atoms with Crippen LogP contribution in [0.2, 0.25) is 0 Å². The summed E-state index contributed by atoms with van der Waals surface area (Å²) < 4.78 is 0. The van der Waals surface area contributed by atoms with E-state index in [-0.39, 0.29) is 36.7 Å². The average molecular weight is 322 g/mol. The summed E-state index contributed by atoms with van der Waals surface area (Å²) in [5.41, 5.74) is 2.22. The summed E-state index contributed by atoms with van der Waals surface area (Å²) in [6.07, 6.45) is 0. The zero-order chi connectivity index (χ0) is 14.0. The maximum absolute atomic E-state index is 11.2. The van der Waals surface area contributed by atoms with Gasteiger partial charge in [0.1, 0.15) is 11.3 Å². The quantitative estimate of drug-likeness (QED) is 0.850. The molecule has 2 N–H and O–H groups in total. The zero-order valence-corrected chi connectivity index (χ0v) is 14.6. The van der Waals surface area contributed by atoms with Crippen LogP contribution in [0.25, 0.3) is 0 Å². The molecule has 0 aliphatic rings. The number of aryl methyl sites for hydroxylation is 1. The Hall–Kier alpha value is -1.67. The van der Waals surface area contributed by atoms with E-state index in [9.17, 15) is 9.90 Å². The summed E-state index contributed by atoms with van der Waals surface area (Å²) in [5, 5.41) is 19.4. The number of rotatable bonds is 3. The largest absolute Gasteiger partial charge is 0.507 e. The van der Waals surface area contributed by atoms with Gasteiger partial charge in [-0.1, -0.05) is 49.4 Å². The van der Waals surface area contributed by atoms with E-state index in [1.165, 1.54) is 0 Å². The number of carboxylic acids is 1. The van der Waals surface area contributed by atoms with Crippen LogP contribution in [0.5, 0.6) is 5.75 Å². The van der Waals surface area contributed by atoms with Crippen molar-refractivity contribution in [2.75, 3.05) is 0 Å². The standard InChI is InChI=1S/C16H16O3.Zn/c1-10-8-9-13(15(17)14(10)16(18)19)11(2)12-6-4-3-5-7-12;/h3-9,11,17H,1-2H3,(H,18,19);. The van der Waals surface area contributed by atoms with E-state index in [0.29, 0.717) is 11.1 Å². The van der Waals surface area contributed by atoms with Crippen molar-refractivity contribution in [2.24, 2.45) is 0 Å². The molecule has 1 atom stereocenters. The van der Waals surface area contributed by atoms with Crippen molar-refractivity contribution < 1.29 is 34.5 Å². The molecule has 0 radical (unpaired) electrons. The first-order valence-corrected chi connectivity index (χ1v) is 6.13. The predicted molar refractivity (Wildman–Crippen MR) is 73.8 cm³/mol. The Bertz CT molecular complexity index is 609. The summed E-state index contributed by atoms with van der Waals surface area (Å²) in [4.78, 5) is 11.2. The van der Waals surface area contributed by atoms with Crippen LogP contribution in [-0.2, 0) is 19.5 Å². The summed E-state index contributed by atoms with van der Waals surface area (Å²) in [7, 11) is 0.